The number of amides is 1. The third-order valence-corrected chi connectivity index (χ3v) is 4.76. The zero-order chi connectivity index (χ0) is 19.0. The van der Waals surface area contributed by atoms with Crippen LogP contribution >= 0.6 is 11.6 Å². The lowest BCUT2D eigenvalue weighted by Gasteiger charge is -2.14. The fourth-order valence-electron chi connectivity index (χ4n) is 2.78. The van der Waals surface area contributed by atoms with Crippen molar-refractivity contribution in [1.29, 1.82) is 0 Å². The molecule has 0 radical (unpaired) electrons. The highest BCUT2D eigenvalue weighted by Gasteiger charge is 2.19. The van der Waals surface area contributed by atoms with E-state index in [-0.39, 0.29) is 5.56 Å². The van der Waals surface area contributed by atoms with Crippen LogP contribution in [0.4, 0.5) is 5.69 Å². The largest absolute Gasteiger partial charge is 0.493 e. The van der Waals surface area contributed by atoms with Crippen molar-refractivity contribution in [3.8, 4) is 22.8 Å². The number of carbonyl (C=O) groups excluding carboxylic acids is 1. The molecule has 6 nitrogen and oxygen atoms in total. The summed E-state index contributed by atoms with van der Waals surface area (Å²) >= 11 is 6.45. The first-order valence-corrected chi connectivity index (χ1v) is 8.16. The molecule has 0 aliphatic carbocycles. The lowest BCUT2D eigenvalue weighted by molar-refractivity contribution is 0.100. The van der Waals surface area contributed by atoms with E-state index in [0.29, 0.717) is 49.9 Å². The van der Waals surface area contributed by atoms with Gasteiger partial charge in [0.2, 0.25) is 0 Å². The van der Waals surface area contributed by atoms with E-state index in [1.165, 1.54) is 7.11 Å². The number of hydrogen-bond donors (Lipinski definition) is 2. The van der Waals surface area contributed by atoms with E-state index in [1.807, 2.05) is 0 Å². The molecule has 0 saturated heterocycles. The van der Waals surface area contributed by atoms with Crippen LogP contribution < -0.4 is 20.9 Å². The predicted octanol–water partition coefficient (Wildman–Crippen LogP) is 3.56. The highest BCUT2D eigenvalue weighted by molar-refractivity contribution is 6.34. The van der Waals surface area contributed by atoms with Gasteiger partial charge in [-0.15, -0.1) is 0 Å². The van der Waals surface area contributed by atoms with Gasteiger partial charge < -0.3 is 20.9 Å². The lowest BCUT2D eigenvalue weighted by Crippen LogP contribution is -2.13. The Morgan fingerprint density at radius 3 is 2.38 bits per heavy atom. The molecule has 4 N–H and O–H groups in total. The molecule has 3 rings (SSSR count). The highest BCUT2D eigenvalue weighted by atomic mass is 35.5. The van der Waals surface area contributed by atoms with Crippen molar-refractivity contribution in [3.63, 3.8) is 0 Å². The Kier molecular flexibility index (Phi) is 4.61. The first kappa shape index (κ1) is 17.8. The van der Waals surface area contributed by atoms with Gasteiger partial charge in [0, 0.05) is 22.7 Å². The summed E-state index contributed by atoms with van der Waals surface area (Å²) in [4.78, 5) is 16.7. The number of anilines is 1. The zero-order valence-corrected chi connectivity index (χ0v) is 15.3. The summed E-state index contributed by atoms with van der Waals surface area (Å²) in [6.45, 7) is 1.81. The molecular formula is C19H18ClN3O3. The van der Waals surface area contributed by atoms with Gasteiger partial charge in [0.05, 0.1) is 36.0 Å². The number of nitrogens with zero attached hydrogens (tertiary/aromatic N) is 1. The molecule has 0 saturated carbocycles. The lowest BCUT2D eigenvalue weighted by atomic mass is 10.00. The zero-order valence-electron chi connectivity index (χ0n) is 14.6. The summed E-state index contributed by atoms with van der Waals surface area (Å²) in [6, 6.07) is 8.60. The topological polar surface area (TPSA) is 100 Å². The number of nitrogen functional groups attached to an aromatic ring is 1. The molecule has 3 aromatic rings. The van der Waals surface area contributed by atoms with E-state index < -0.39 is 5.91 Å². The third kappa shape index (κ3) is 2.88. The van der Waals surface area contributed by atoms with Crippen LogP contribution in [-0.2, 0) is 0 Å². The summed E-state index contributed by atoms with van der Waals surface area (Å²) in [5, 5.41) is 1.13. The molecule has 26 heavy (non-hydrogen) atoms. The van der Waals surface area contributed by atoms with Crippen LogP contribution in [0.25, 0.3) is 22.2 Å². The Morgan fingerprint density at radius 2 is 1.77 bits per heavy atom. The van der Waals surface area contributed by atoms with Gasteiger partial charge in [0.15, 0.2) is 11.5 Å². The number of rotatable bonds is 4. The molecule has 0 aliphatic rings. The molecule has 1 heterocycles. The number of methoxy groups -OCH3 is 2. The number of carbonyl (C=O) groups is 1. The van der Waals surface area contributed by atoms with Crippen molar-refractivity contribution in [3.05, 3.63) is 46.5 Å². The van der Waals surface area contributed by atoms with Crippen molar-refractivity contribution >= 4 is 34.1 Å². The van der Waals surface area contributed by atoms with Crippen molar-refractivity contribution in [2.24, 2.45) is 5.73 Å². The molecule has 0 unspecified atom stereocenters. The quantitative estimate of drug-likeness (QED) is 0.683. The summed E-state index contributed by atoms with van der Waals surface area (Å²) in [5.74, 6) is 0.464. The Balaban J connectivity index is 2.36. The van der Waals surface area contributed by atoms with Crippen molar-refractivity contribution in [1.82, 2.24) is 4.98 Å². The first-order valence-electron chi connectivity index (χ1n) is 7.79. The second-order valence-electron chi connectivity index (χ2n) is 5.79. The predicted molar refractivity (Wildman–Crippen MR) is 103 cm³/mol. The first-order chi connectivity index (χ1) is 12.4. The van der Waals surface area contributed by atoms with E-state index >= 15 is 0 Å². The standard InChI is InChI=1S/C19H18ClN3O3/c1-9-13(21)5-4-11(17(9)20)18-12(19(22)24)6-10-7-15(25-2)16(26-3)8-14(10)23-18/h4-8H,21H2,1-3H3,(H2,22,24). The molecule has 2 aromatic carbocycles. The highest BCUT2D eigenvalue weighted by Crippen LogP contribution is 2.37. The van der Waals surface area contributed by atoms with E-state index in [2.05, 4.69) is 4.98 Å². The number of primary amides is 1. The van der Waals surface area contributed by atoms with Gasteiger partial charge in [0.1, 0.15) is 0 Å². The normalized spacial score (nSPS) is 10.8. The van der Waals surface area contributed by atoms with Crippen LogP contribution in [0.5, 0.6) is 11.5 Å². The van der Waals surface area contributed by atoms with Gasteiger partial charge in [0.25, 0.3) is 5.91 Å². The van der Waals surface area contributed by atoms with Crippen molar-refractivity contribution in [2.45, 2.75) is 6.92 Å². The monoisotopic (exact) mass is 371 g/mol. The van der Waals surface area contributed by atoms with E-state index in [1.54, 1.807) is 44.4 Å². The number of fused-ring (bicyclic) bond motifs is 1. The second kappa shape index (κ2) is 6.72. The van der Waals surface area contributed by atoms with Crippen LogP contribution in [-0.4, -0.2) is 25.1 Å². The maximum absolute atomic E-state index is 12.0. The number of hydrogen-bond acceptors (Lipinski definition) is 5. The summed E-state index contributed by atoms with van der Waals surface area (Å²) in [7, 11) is 3.08. The van der Waals surface area contributed by atoms with Gasteiger partial charge in [-0.1, -0.05) is 11.6 Å². The second-order valence-corrected chi connectivity index (χ2v) is 6.17. The molecule has 0 bridgehead atoms. The molecule has 134 valence electrons. The minimum atomic E-state index is -0.602. The number of nitrogens with two attached hydrogens (primary N) is 2. The van der Waals surface area contributed by atoms with Crippen molar-refractivity contribution in [2.75, 3.05) is 20.0 Å². The maximum atomic E-state index is 12.0. The van der Waals surface area contributed by atoms with Gasteiger partial charge >= 0.3 is 0 Å². The van der Waals surface area contributed by atoms with Crippen LogP contribution in [0.3, 0.4) is 0 Å². The van der Waals surface area contributed by atoms with Gasteiger partial charge in [-0.05, 0) is 36.8 Å². The Hall–Kier alpha value is -2.99. The van der Waals surface area contributed by atoms with Crippen LogP contribution in [0, 0.1) is 6.92 Å². The van der Waals surface area contributed by atoms with Crippen LogP contribution in [0.15, 0.2) is 30.3 Å². The van der Waals surface area contributed by atoms with Crippen molar-refractivity contribution < 1.29 is 14.3 Å². The average Bonchev–Trinajstić information content (AvgIpc) is 2.64. The Labute approximate surface area is 155 Å². The van der Waals surface area contributed by atoms with E-state index in [0.717, 1.165) is 0 Å². The number of benzene rings is 2. The molecule has 7 heteroatoms. The molecule has 0 spiro atoms. The van der Waals surface area contributed by atoms with Gasteiger partial charge in [-0.25, -0.2) is 4.98 Å². The minimum absolute atomic E-state index is 0.260. The Morgan fingerprint density at radius 1 is 1.12 bits per heavy atom. The fourth-order valence-corrected chi connectivity index (χ4v) is 3.04. The fraction of sp³-hybridized carbons (Fsp3) is 0.158. The molecular weight excluding hydrogens is 354 g/mol. The number of ether oxygens (including phenoxy) is 2. The number of aromatic nitrogens is 1. The third-order valence-electron chi connectivity index (χ3n) is 4.27. The molecule has 1 amide bonds. The van der Waals surface area contributed by atoms with Crippen LogP contribution in [0.2, 0.25) is 5.02 Å². The summed E-state index contributed by atoms with van der Waals surface area (Å²) in [6.07, 6.45) is 0. The summed E-state index contributed by atoms with van der Waals surface area (Å²) < 4.78 is 10.6. The number of halogens is 1. The van der Waals surface area contributed by atoms with Gasteiger partial charge in [-0.3, -0.25) is 4.79 Å². The SMILES string of the molecule is COc1cc2cc(C(N)=O)c(-c3ccc(N)c(C)c3Cl)nc2cc1OC. The molecule has 1 aromatic heterocycles. The number of pyridine rings is 1. The average molecular weight is 372 g/mol. The minimum Gasteiger partial charge on any atom is -0.493 e. The maximum Gasteiger partial charge on any atom is 0.250 e. The van der Waals surface area contributed by atoms with E-state index in [4.69, 9.17) is 32.5 Å². The van der Waals surface area contributed by atoms with Crippen LogP contribution in [0.1, 0.15) is 15.9 Å². The molecule has 0 atom stereocenters. The van der Waals surface area contributed by atoms with Gasteiger partial charge in [-0.2, -0.15) is 0 Å². The molecule has 0 aliphatic heterocycles. The molecule has 0 fully saturated rings. The van der Waals surface area contributed by atoms with E-state index in [9.17, 15) is 4.79 Å². The Bertz CT molecular complexity index is 1030. The smallest absolute Gasteiger partial charge is 0.250 e. The summed E-state index contributed by atoms with van der Waals surface area (Å²) in [5.41, 5.74) is 14.6.